The Hall–Kier alpha value is -3.92. The number of nitrogens with zero attached hydrogens (tertiary/aromatic N) is 2. The molecule has 0 aliphatic heterocycles. The fourth-order valence-corrected chi connectivity index (χ4v) is 4.48. The molecule has 0 bridgehead atoms. The highest BCUT2D eigenvalue weighted by molar-refractivity contribution is 6.23. The molecule has 0 amide bonds. The predicted octanol–water partition coefficient (Wildman–Crippen LogP) is 6.41. The molecule has 0 saturated heterocycles. The van der Waals surface area contributed by atoms with E-state index in [1.807, 2.05) is 18.2 Å². The monoisotopic (exact) mass is 362 g/mol. The third-order valence-electron chi connectivity index (χ3n) is 5.63. The van der Waals surface area contributed by atoms with Gasteiger partial charge in [0.1, 0.15) is 0 Å². The lowest BCUT2D eigenvalue weighted by molar-refractivity contribution is -0.384. The summed E-state index contributed by atoms with van der Waals surface area (Å²) in [5.41, 5.74) is 5.14. The minimum Gasteiger partial charge on any atom is -0.308 e. The van der Waals surface area contributed by atoms with Crippen molar-refractivity contribution in [2.75, 3.05) is 0 Å². The zero-order valence-corrected chi connectivity index (χ0v) is 14.8. The summed E-state index contributed by atoms with van der Waals surface area (Å²) in [6.45, 7) is 0. The van der Waals surface area contributed by atoms with Gasteiger partial charge in [0.25, 0.3) is 5.69 Å². The van der Waals surface area contributed by atoms with Crippen molar-refractivity contribution < 1.29 is 4.92 Å². The number of nitro groups is 1. The zero-order chi connectivity index (χ0) is 18.8. The Morgan fingerprint density at radius 1 is 0.679 bits per heavy atom. The molecule has 0 aliphatic carbocycles. The van der Waals surface area contributed by atoms with Gasteiger partial charge in [-0.25, -0.2) is 0 Å². The van der Waals surface area contributed by atoms with Gasteiger partial charge in [-0.1, -0.05) is 54.6 Å². The third-order valence-corrected chi connectivity index (χ3v) is 5.63. The van der Waals surface area contributed by atoms with Gasteiger partial charge in [-0.05, 0) is 29.8 Å². The topological polar surface area (TPSA) is 47.5 Å². The van der Waals surface area contributed by atoms with E-state index in [1.54, 1.807) is 12.1 Å². The summed E-state index contributed by atoms with van der Waals surface area (Å²) >= 11 is 0. The molecule has 0 radical (unpaired) electrons. The molecule has 0 fully saturated rings. The van der Waals surface area contributed by atoms with E-state index in [0.717, 1.165) is 16.5 Å². The van der Waals surface area contributed by atoms with Gasteiger partial charge in [0, 0.05) is 27.6 Å². The molecule has 0 spiro atoms. The summed E-state index contributed by atoms with van der Waals surface area (Å²) in [7, 11) is 0. The molecule has 6 rings (SSSR count). The molecule has 28 heavy (non-hydrogen) atoms. The lowest BCUT2D eigenvalue weighted by Gasteiger charge is -2.04. The van der Waals surface area contributed by atoms with E-state index in [-0.39, 0.29) is 10.6 Å². The van der Waals surface area contributed by atoms with Crippen molar-refractivity contribution in [1.82, 2.24) is 4.40 Å². The first-order chi connectivity index (χ1) is 13.7. The van der Waals surface area contributed by atoms with Crippen LogP contribution in [-0.4, -0.2) is 9.32 Å². The molecule has 4 aromatic carbocycles. The largest absolute Gasteiger partial charge is 0.308 e. The Balaban J connectivity index is 1.76. The van der Waals surface area contributed by atoms with Crippen LogP contribution in [0, 0.1) is 10.1 Å². The second-order valence-corrected chi connectivity index (χ2v) is 7.06. The molecule has 132 valence electrons. The van der Waals surface area contributed by atoms with Crippen LogP contribution >= 0.6 is 0 Å². The van der Waals surface area contributed by atoms with Gasteiger partial charge in [0.2, 0.25) is 0 Å². The summed E-state index contributed by atoms with van der Waals surface area (Å²) in [6.07, 6.45) is 0. The maximum atomic E-state index is 11.5. The van der Waals surface area contributed by atoms with Gasteiger partial charge in [-0.15, -0.1) is 0 Å². The number of hydrogen-bond donors (Lipinski definition) is 0. The molecule has 4 nitrogen and oxygen atoms in total. The highest BCUT2D eigenvalue weighted by atomic mass is 16.6. The van der Waals surface area contributed by atoms with E-state index in [4.69, 9.17) is 0 Å². The quantitative estimate of drug-likeness (QED) is 0.264. The highest BCUT2D eigenvalue weighted by Crippen LogP contribution is 2.40. The average Bonchev–Trinajstić information content (AvgIpc) is 3.25. The van der Waals surface area contributed by atoms with Gasteiger partial charge in [-0.2, -0.15) is 0 Å². The van der Waals surface area contributed by atoms with Crippen molar-refractivity contribution in [1.29, 1.82) is 0 Å². The van der Waals surface area contributed by atoms with E-state index in [0.29, 0.717) is 5.56 Å². The van der Waals surface area contributed by atoms with Crippen LogP contribution in [0.25, 0.3) is 49.2 Å². The highest BCUT2D eigenvalue weighted by Gasteiger charge is 2.19. The predicted molar refractivity (Wildman–Crippen MR) is 113 cm³/mol. The maximum Gasteiger partial charge on any atom is 0.277 e. The van der Waals surface area contributed by atoms with Crippen LogP contribution in [-0.2, 0) is 0 Å². The molecule has 0 N–H and O–H groups in total. The van der Waals surface area contributed by atoms with Crippen molar-refractivity contribution in [2.45, 2.75) is 0 Å². The number of para-hydroxylation sites is 3. The number of fused-ring (bicyclic) bond motifs is 6. The lowest BCUT2D eigenvalue weighted by Crippen LogP contribution is -1.91. The Morgan fingerprint density at radius 2 is 1.36 bits per heavy atom. The van der Waals surface area contributed by atoms with Crippen LogP contribution < -0.4 is 0 Å². The number of hydrogen-bond acceptors (Lipinski definition) is 2. The Bertz CT molecular complexity index is 1550. The maximum absolute atomic E-state index is 11.5. The molecule has 0 atom stereocenters. The fourth-order valence-electron chi connectivity index (χ4n) is 4.48. The first-order valence-corrected chi connectivity index (χ1v) is 9.15. The second-order valence-electron chi connectivity index (χ2n) is 7.06. The van der Waals surface area contributed by atoms with Crippen molar-refractivity contribution in [3.8, 4) is 11.1 Å². The number of benzene rings is 4. The van der Waals surface area contributed by atoms with E-state index in [9.17, 15) is 10.1 Å². The van der Waals surface area contributed by atoms with Crippen LogP contribution in [0.2, 0.25) is 0 Å². The van der Waals surface area contributed by atoms with Gasteiger partial charge < -0.3 is 4.40 Å². The first-order valence-electron chi connectivity index (χ1n) is 9.15. The Morgan fingerprint density at radius 3 is 2.21 bits per heavy atom. The van der Waals surface area contributed by atoms with E-state index >= 15 is 0 Å². The molecular formula is C24H14N2O2. The smallest absolute Gasteiger partial charge is 0.277 e. The summed E-state index contributed by atoms with van der Waals surface area (Å²) in [4.78, 5) is 11.1. The molecule has 2 heterocycles. The number of rotatable bonds is 2. The zero-order valence-electron chi connectivity index (χ0n) is 14.8. The van der Waals surface area contributed by atoms with Crippen LogP contribution in [0.3, 0.4) is 0 Å². The minimum absolute atomic E-state index is 0.128. The summed E-state index contributed by atoms with van der Waals surface area (Å²) in [5.74, 6) is 0. The van der Waals surface area contributed by atoms with Crippen molar-refractivity contribution in [3.05, 3.63) is 95.0 Å². The number of aromatic nitrogens is 1. The van der Waals surface area contributed by atoms with Gasteiger partial charge in [-0.3, -0.25) is 10.1 Å². The summed E-state index contributed by atoms with van der Waals surface area (Å²) < 4.78 is 2.30. The van der Waals surface area contributed by atoms with E-state index in [2.05, 4.69) is 59.0 Å². The Labute approximate surface area is 159 Å². The molecule has 2 aromatic heterocycles. The summed E-state index contributed by atoms with van der Waals surface area (Å²) in [5, 5.41) is 16.2. The molecule has 6 aromatic rings. The molecule has 0 saturated carbocycles. The molecular weight excluding hydrogens is 348 g/mol. The summed E-state index contributed by atoms with van der Waals surface area (Å²) in [6, 6.07) is 27.8. The third kappa shape index (κ3) is 1.84. The fraction of sp³-hybridized carbons (Fsp3) is 0. The van der Waals surface area contributed by atoms with Crippen molar-refractivity contribution in [2.24, 2.45) is 0 Å². The van der Waals surface area contributed by atoms with Crippen molar-refractivity contribution in [3.63, 3.8) is 0 Å². The van der Waals surface area contributed by atoms with Gasteiger partial charge >= 0.3 is 0 Å². The average molecular weight is 362 g/mol. The standard InChI is InChI=1S/C24H14N2O2/c27-26(28)23-11-4-1-6-16(23)15-12-13-22-20(14-15)19-9-5-8-18-17-7-2-3-10-21(17)25(22)24(18)19/h1-14H. The van der Waals surface area contributed by atoms with Gasteiger partial charge in [0.15, 0.2) is 0 Å². The van der Waals surface area contributed by atoms with E-state index < -0.39 is 0 Å². The van der Waals surface area contributed by atoms with Crippen LogP contribution in [0.5, 0.6) is 0 Å². The molecule has 0 unspecified atom stereocenters. The normalized spacial score (nSPS) is 11.9. The van der Waals surface area contributed by atoms with Crippen molar-refractivity contribution >= 4 is 43.8 Å². The van der Waals surface area contributed by atoms with Gasteiger partial charge in [0.05, 0.1) is 27.0 Å². The van der Waals surface area contributed by atoms with Crippen LogP contribution in [0.15, 0.2) is 84.9 Å². The molecule has 0 aliphatic rings. The lowest BCUT2D eigenvalue weighted by atomic mass is 10.0. The second kappa shape index (κ2) is 5.30. The minimum atomic E-state index is -0.319. The Kier molecular flexibility index (Phi) is 2.87. The van der Waals surface area contributed by atoms with E-state index in [1.165, 1.54) is 27.2 Å². The molecule has 4 heteroatoms. The van der Waals surface area contributed by atoms with Crippen LogP contribution in [0.1, 0.15) is 0 Å². The number of nitro benzene ring substituents is 1. The SMILES string of the molecule is O=[N+]([O-])c1ccccc1-c1ccc2c(c1)c1cccc3c4ccccc4n2c31. The van der Waals surface area contributed by atoms with Crippen LogP contribution in [0.4, 0.5) is 5.69 Å². The first kappa shape index (κ1) is 15.2.